The smallest absolute Gasteiger partial charge is 0.0484 e. The predicted octanol–water partition coefficient (Wildman–Crippen LogP) is 2.93. The van der Waals surface area contributed by atoms with Crippen LogP contribution in [0.5, 0.6) is 0 Å². The molecule has 13 heavy (non-hydrogen) atoms. The Kier molecular flexibility index (Phi) is 4.19. The molecule has 0 aliphatic heterocycles. The van der Waals surface area contributed by atoms with E-state index in [2.05, 4.69) is 11.9 Å². The van der Waals surface area contributed by atoms with Gasteiger partial charge in [-0.15, -0.1) is 0 Å². The van der Waals surface area contributed by atoms with Gasteiger partial charge in [0.15, 0.2) is 0 Å². The van der Waals surface area contributed by atoms with Gasteiger partial charge in [-0.05, 0) is 12.5 Å². The van der Waals surface area contributed by atoms with E-state index in [1.54, 1.807) is 18.5 Å². The summed E-state index contributed by atoms with van der Waals surface area (Å²) < 4.78 is 0. The summed E-state index contributed by atoms with van der Waals surface area (Å²) in [7, 11) is 0. The first-order valence-corrected chi connectivity index (χ1v) is 4.98. The highest BCUT2D eigenvalue weighted by Gasteiger charge is 2.08. The molecule has 72 valence electrons. The fraction of sp³-hybridized carbons (Fsp3) is 0.500. The van der Waals surface area contributed by atoms with Crippen molar-refractivity contribution in [2.45, 2.75) is 32.2 Å². The minimum Gasteiger partial charge on any atom is -0.324 e. The molecular formula is C10H15ClN2. The molecule has 0 radical (unpaired) electrons. The number of unbranched alkanes of at least 4 members (excludes halogenated alkanes) is 1. The zero-order valence-corrected chi connectivity index (χ0v) is 8.59. The Morgan fingerprint density at radius 1 is 1.62 bits per heavy atom. The summed E-state index contributed by atoms with van der Waals surface area (Å²) in [5, 5.41) is 0.721. The van der Waals surface area contributed by atoms with Gasteiger partial charge in [0.2, 0.25) is 0 Å². The van der Waals surface area contributed by atoms with Gasteiger partial charge in [0.1, 0.15) is 0 Å². The molecule has 0 spiro atoms. The van der Waals surface area contributed by atoms with Gasteiger partial charge in [0.05, 0.1) is 0 Å². The number of rotatable bonds is 4. The quantitative estimate of drug-likeness (QED) is 0.808. The van der Waals surface area contributed by atoms with Crippen LogP contribution >= 0.6 is 11.6 Å². The molecule has 0 aliphatic rings. The molecule has 1 aromatic rings. The van der Waals surface area contributed by atoms with Crippen LogP contribution in [-0.4, -0.2) is 4.98 Å². The maximum absolute atomic E-state index is 5.98. The Hall–Kier alpha value is -0.600. The lowest BCUT2D eigenvalue weighted by atomic mass is 10.0. The molecule has 0 aliphatic carbocycles. The first-order chi connectivity index (χ1) is 6.25. The van der Waals surface area contributed by atoms with Gasteiger partial charge in [-0.2, -0.15) is 0 Å². The summed E-state index contributed by atoms with van der Waals surface area (Å²) in [6.07, 6.45) is 6.70. The largest absolute Gasteiger partial charge is 0.324 e. The zero-order valence-electron chi connectivity index (χ0n) is 7.83. The number of nitrogens with two attached hydrogens (primary N) is 1. The van der Waals surface area contributed by atoms with E-state index in [0.717, 1.165) is 29.8 Å². The minimum atomic E-state index is 0.0288. The third kappa shape index (κ3) is 2.98. The number of pyridine rings is 1. The number of nitrogens with zero attached hydrogens (tertiary/aromatic N) is 1. The summed E-state index contributed by atoms with van der Waals surface area (Å²) >= 11 is 5.98. The van der Waals surface area contributed by atoms with E-state index in [1.807, 2.05) is 0 Å². The first kappa shape index (κ1) is 10.5. The molecule has 0 amide bonds. The average Bonchev–Trinajstić information content (AvgIpc) is 2.15. The van der Waals surface area contributed by atoms with Crippen molar-refractivity contribution in [2.24, 2.45) is 5.73 Å². The molecule has 0 fully saturated rings. The molecule has 3 heteroatoms. The van der Waals surface area contributed by atoms with Crippen LogP contribution in [0.4, 0.5) is 0 Å². The Bertz CT molecular complexity index is 263. The number of hydrogen-bond donors (Lipinski definition) is 1. The van der Waals surface area contributed by atoms with Crippen molar-refractivity contribution < 1.29 is 0 Å². The lowest BCUT2D eigenvalue weighted by Crippen LogP contribution is -2.10. The van der Waals surface area contributed by atoms with Crippen LogP contribution in [0.3, 0.4) is 0 Å². The number of aromatic nitrogens is 1. The van der Waals surface area contributed by atoms with Crippen molar-refractivity contribution in [3.8, 4) is 0 Å². The Labute approximate surface area is 84.1 Å². The Morgan fingerprint density at radius 3 is 3.00 bits per heavy atom. The third-order valence-corrected chi connectivity index (χ3v) is 2.41. The van der Waals surface area contributed by atoms with E-state index in [1.165, 1.54) is 0 Å². The monoisotopic (exact) mass is 198 g/mol. The summed E-state index contributed by atoms with van der Waals surface area (Å²) in [6, 6.07) is 1.81. The van der Waals surface area contributed by atoms with E-state index in [4.69, 9.17) is 17.3 Å². The second kappa shape index (κ2) is 5.20. The van der Waals surface area contributed by atoms with Crippen LogP contribution in [0.15, 0.2) is 18.5 Å². The second-order valence-electron chi connectivity index (χ2n) is 3.15. The molecule has 2 N–H and O–H groups in total. The Balaban J connectivity index is 2.65. The minimum absolute atomic E-state index is 0.0288. The fourth-order valence-electron chi connectivity index (χ4n) is 1.24. The van der Waals surface area contributed by atoms with Crippen LogP contribution in [0.1, 0.15) is 37.8 Å². The molecule has 1 unspecified atom stereocenters. The summed E-state index contributed by atoms with van der Waals surface area (Å²) in [6.45, 7) is 2.15. The van der Waals surface area contributed by atoms with Crippen LogP contribution in [0.2, 0.25) is 5.02 Å². The predicted molar refractivity (Wildman–Crippen MR) is 55.7 cm³/mol. The molecule has 1 rings (SSSR count). The van der Waals surface area contributed by atoms with Gasteiger partial charge in [-0.1, -0.05) is 31.4 Å². The molecule has 0 aromatic carbocycles. The molecule has 0 saturated heterocycles. The van der Waals surface area contributed by atoms with E-state index < -0.39 is 0 Å². The average molecular weight is 199 g/mol. The molecule has 1 atom stereocenters. The maximum atomic E-state index is 5.98. The molecule has 2 nitrogen and oxygen atoms in total. The highest BCUT2D eigenvalue weighted by atomic mass is 35.5. The van der Waals surface area contributed by atoms with Crippen LogP contribution in [0, 0.1) is 0 Å². The van der Waals surface area contributed by atoms with Crippen molar-refractivity contribution in [3.05, 3.63) is 29.0 Å². The third-order valence-electron chi connectivity index (χ3n) is 2.06. The van der Waals surface area contributed by atoms with Crippen LogP contribution in [-0.2, 0) is 0 Å². The highest BCUT2D eigenvalue weighted by Crippen LogP contribution is 2.23. The van der Waals surface area contributed by atoms with Gasteiger partial charge in [0, 0.05) is 29.0 Å². The highest BCUT2D eigenvalue weighted by molar-refractivity contribution is 6.31. The standard InChI is InChI=1S/C10H15ClN2/c1-2-3-4-10(12)8-7-13-6-5-9(8)11/h5-7,10H,2-4,12H2,1H3. The topological polar surface area (TPSA) is 38.9 Å². The van der Waals surface area contributed by atoms with Gasteiger partial charge in [-0.3, -0.25) is 4.98 Å². The first-order valence-electron chi connectivity index (χ1n) is 4.60. The molecule has 1 heterocycles. The van der Waals surface area contributed by atoms with Crippen molar-refractivity contribution in [2.75, 3.05) is 0 Å². The molecule has 0 bridgehead atoms. The lowest BCUT2D eigenvalue weighted by molar-refractivity contribution is 0.602. The van der Waals surface area contributed by atoms with Crippen LogP contribution in [0.25, 0.3) is 0 Å². The summed E-state index contributed by atoms with van der Waals surface area (Å²) in [4.78, 5) is 4.01. The molecule has 1 aromatic heterocycles. The fourth-order valence-corrected chi connectivity index (χ4v) is 1.49. The number of hydrogen-bond acceptors (Lipinski definition) is 2. The maximum Gasteiger partial charge on any atom is 0.0484 e. The van der Waals surface area contributed by atoms with Gasteiger partial charge in [-0.25, -0.2) is 0 Å². The van der Waals surface area contributed by atoms with E-state index in [0.29, 0.717) is 0 Å². The zero-order chi connectivity index (χ0) is 9.68. The van der Waals surface area contributed by atoms with Crippen LogP contribution < -0.4 is 5.73 Å². The van der Waals surface area contributed by atoms with Crippen molar-refractivity contribution in [3.63, 3.8) is 0 Å². The second-order valence-corrected chi connectivity index (χ2v) is 3.55. The molecular weight excluding hydrogens is 184 g/mol. The summed E-state index contributed by atoms with van der Waals surface area (Å²) in [5.74, 6) is 0. The van der Waals surface area contributed by atoms with Crippen molar-refractivity contribution in [1.82, 2.24) is 4.98 Å². The van der Waals surface area contributed by atoms with Gasteiger partial charge < -0.3 is 5.73 Å². The summed E-state index contributed by atoms with van der Waals surface area (Å²) in [5.41, 5.74) is 6.91. The lowest BCUT2D eigenvalue weighted by Gasteiger charge is -2.11. The SMILES string of the molecule is CCCCC(N)c1cnccc1Cl. The van der Waals surface area contributed by atoms with Gasteiger partial charge >= 0.3 is 0 Å². The van der Waals surface area contributed by atoms with E-state index >= 15 is 0 Å². The van der Waals surface area contributed by atoms with Crippen molar-refractivity contribution >= 4 is 11.6 Å². The number of halogens is 1. The Morgan fingerprint density at radius 2 is 2.38 bits per heavy atom. The van der Waals surface area contributed by atoms with E-state index in [9.17, 15) is 0 Å². The van der Waals surface area contributed by atoms with Gasteiger partial charge in [0.25, 0.3) is 0 Å². The normalized spacial score (nSPS) is 12.8. The molecule has 0 saturated carbocycles. The van der Waals surface area contributed by atoms with E-state index in [-0.39, 0.29) is 6.04 Å². The van der Waals surface area contributed by atoms with Crippen molar-refractivity contribution in [1.29, 1.82) is 0 Å².